The van der Waals surface area contributed by atoms with Gasteiger partial charge in [-0.1, -0.05) is 6.92 Å². The van der Waals surface area contributed by atoms with Crippen molar-refractivity contribution in [1.29, 1.82) is 0 Å². The maximum absolute atomic E-state index is 14.4. The molecule has 108 valence electrons. The predicted molar refractivity (Wildman–Crippen MR) is 80.4 cm³/mol. The summed E-state index contributed by atoms with van der Waals surface area (Å²) in [6, 6.07) is 1.72. The van der Waals surface area contributed by atoms with Crippen LogP contribution in [0.15, 0.2) is 23.2 Å². The Labute approximate surface area is 122 Å². The van der Waals surface area contributed by atoms with E-state index in [9.17, 15) is 4.39 Å². The number of rotatable bonds is 7. The lowest BCUT2D eigenvalue weighted by atomic mass is 10.2. The monoisotopic (exact) mass is 294 g/mol. The first-order valence-corrected chi connectivity index (χ1v) is 7.59. The Morgan fingerprint density at radius 2 is 2.25 bits per heavy atom. The number of nitrogens with one attached hydrogen (secondary N) is 1. The Morgan fingerprint density at radius 1 is 1.40 bits per heavy atom. The van der Waals surface area contributed by atoms with E-state index in [1.54, 1.807) is 22.7 Å². The van der Waals surface area contributed by atoms with Gasteiger partial charge in [0.05, 0.1) is 17.7 Å². The minimum Gasteiger partial charge on any atom is -0.351 e. The zero-order chi connectivity index (χ0) is 14.4. The van der Waals surface area contributed by atoms with Crippen LogP contribution >= 0.6 is 11.3 Å². The van der Waals surface area contributed by atoms with Crippen LogP contribution in [0.1, 0.15) is 24.6 Å². The summed E-state index contributed by atoms with van der Waals surface area (Å²) >= 11 is 1.54. The molecule has 0 aliphatic heterocycles. The number of hydrogen-bond acceptors (Lipinski definition) is 5. The molecule has 0 spiro atoms. The average Bonchev–Trinajstić information content (AvgIpc) is 2.93. The third kappa shape index (κ3) is 3.74. The zero-order valence-corrected chi connectivity index (χ0v) is 12.6. The zero-order valence-electron chi connectivity index (χ0n) is 11.8. The molecule has 0 saturated carbocycles. The van der Waals surface area contributed by atoms with Gasteiger partial charge in [0.1, 0.15) is 0 Å². The summed E-state index contributed by atoms with van der Waals surface area (Å²) in [5.41, 5.74) is 3.35. The van der Waals surface area contributed by atoms with Crippen LogP contribution in [-0.4, -0.2) is 23.6 Å². The van der Waals surface area contributed by atoms with E-state index in [1.165, 1.54) is 11.3 Å². The van der Waals surface area contributed by atoms with Crippen molar-refractivity contribution in [2.24, 2.45) is 0 Å². The summed E-state index contributed by atoms with van der Waals surface area (Å²) in [4.78, 5) is 10.1. The standard InChI is InChI=1S/C14H19FN4S/c1-3-5-16-7-11-4-6-17-14(13(11)15)19(2)8-12-9-20-10-18-12/h4,6,9-10,16H,3,5,7-8H2,1-2H3. The Kier molecular flexibility index (Phi) is 5.43. The van der Waals surface area contributed by atoms with E-state index in [0.717, 1.165) is 18.7 Å². The number of pyridine rings is 1. The van der Waals surface area contributed by atoms with Crippen molar-refractivity contribution in [2.75, 3.05) is 18.5 Å². The third-order valence-corrected chi connectivity index (χ3v) is 3.57. The Balaban J connectivity index is 2.08. The molecule has 0 fully saturated rings. The van der Waals surface area contributed by atoms with Gasteiger partial charge in [-0.25, -0.2) is 14.4 Å². The maximum atomic E-state index is 14.4. The van der Waals surface area contributed by atoms with Crippen LogP contribution in [0.2, 0.25) is 0 Å². The highest BCUT2D eigenvalue weighted by molar-refractivity contribution is 7.07. The molecule has 2 heterocycles. The number of hydrogen-bond donors (Lipinski definition) is 1. The van der Waals surface area contributed by atoms with Gasteiger partial charge in [0.2, 0.25) is 0 Å². The fraction of sp³-hybridized carbons (Fsp3) is 0.429. The number of nitrogens with zero attached hydrogens (tertiary/aromatic N) is 3. The Bertz CT molecular complexity index is 530. The molecule has 0 atom stereocenters. The van der Waals surface area contributed by atoms with Crippen LogP contribution in [0.25, 0.3) is 0 Å². The van der Waals surface area contributed by atoms with Crippen molar-refractivity contribution in [3.63, 3.8) is 0 Å². The van der Waals surface area contributed by atoms with Gasteiger partial charge in [0.15, 0.2) is 11.6 Å². The molecule has 0 saturated heterocycles. The molecule has 0 aliphatic carbocycles. The molecule has 20 heavy (non-hydrogen) atoms. The first-order chi connectivity index (χ1) is 9.72. The molecule has 2 aromatic heterocycles. The van der Waals surface area contributed by atoms with E-state index < -0.39 is 0 Å². The summed E-state index contributed by atoms with van der Waals surface area (Å²) < 4.78 is 14.4. The van der Waals surface area contributed by atoms with E-state index >= 15 is 0 Å². The van der Waals surface area contributed by atoms with Crippen LogP contribution in [0.3, 0.4) is 0 Å². The first-order valence-electron chi connectivity index (χ1n) is 6.64. The highest BCUT2D eigenvalue weighted by atomic mass is 32.1. The second-order valence-electron chi connectivity index (χ2n) is 4.62. The van der Waals surface area contributed by atoms with Crippen molar-refractivity contribution in [2.45, 2.75) is 26.4 Å². The van der Waals surface area contributed by atoms with Gasteiger partial charge < -0.3 is 10.2 Å². The van der Waals surface area contributed by atoms with Crippen molar-refractivity contribution in [1.82, 2.24) is 15.3 Å². The molecule has 0 bridgehead atoms. The summed E-state index contributed by atoms with van der Waals surface area (Å²) in [7, 11) is 1.83. The molecule has 0 amide bonds. The Morgan fingerprint density at radius 3 is 2.95 bits per heavy atom. The number of anilines is 1. The fourth-order valence-electron chi connectivity index (χ4n) is 1.91. The van der Waals surface area contributed by atoms with Crippen molar-refractivity contribution in [3.05, 3.63) is 40.2 Å². The molecule has 0 aromatic carbocycles. The quantitative estimate of drug-likeness (QED) is 0.797. The van der Waals surface area contributed by atoms with Gasteiger partial charge in [-0.2, -0.15) is 0 Å². The van der Waals surface area contributed by atoms with Crippen LogP contribution in [0, 0.1) is 5.82 Å². The summed E-state index contributed by atoms with van der Waals surface area (Å²) in [5, 5.41) is 5.17. The summed E-state index contributed by atoms with van der Waals surface area (Å²) in [5.74, 6) is 0.114. The van der Waals surface area contributed by atoms with Crippen molar-refractivity contribution in [3.8, 4) is 0 Å². The lowest BCUT2D eigenvalue weighted by molar-refractivity contribution is 0.577. The summed E-state index contributed by atoms with van der Waals surface area (Å²) in [6.45, 7) is 4.05. The summed E-state index contributed by atoms with van der Waals surface area (Å²) in [6.07, 6.45) is 2.68. The van der Waals surface area contributed by atoms with Gasteiger partial charge in [0, 0.05) is 30.7 Å². The van der Waals surface area contributed by atoms with Crippen LogP contribution in [0.4, 0.5) is 10.2 Å². The molecular formula is C14H19FN4S. The lowest BCUT2D eigenvalue weighted by Crippen LogP contribution is -2.21. The average molecular weight is 294 g/mol. The third-order valence-electron chi connectivity index (χ3n) is 2.94. The Hall–Kier alpha value is -1.53. The van der Waals surface area contributed by atoms with E-state index in [4.69, 9.17) is 0 Å². The SMILES string of the molecule is CCCNCc1ccnc(N(C)Cc2cscn2)c1F. The minimum absolute atomic E-state index is 0.256. The topological polar surface area (TPSA) is 41.1 Å². The van der Waals surface area contributed by atoms with Gasteiger partial charge >= 0.3 is 0 Å². The van der Waals surface area contributed by atoms with E-state index in [-0.39, 0.29) is 5.82 Å². The minimum atomic E-state index is -0.256. The molecular weight excluding hydrogens is 275 g/mol. The highest BCUT2D eigenvalue weighted by Crippen LogP contribution is 2.20. The molecule has 4 nitrogen and oxygen atoms in total. The number of thiazole rings is 1. The highest BCUT2D eigenvalue weighted by Gasteiger charge is 2.14. The normalized spacial score (nSPS) is 10.8. The molecule has 0 aliphatic rings. The smallest absolute Gasteiger partial charge is 0.170 e. The molecule has 1 N–H and O–H groups in total. The lowest BCUT2D eigenvalue weighted by Gasteiger charge is -2.18. The van der Waals surface area contributed by atoms with E-state index in [2.05, 4.69) is 22.2 Å². The molecule has 0 unspecified atom stereocenters. The molecule has 2 aromatic rings. The fourth-order valence-corrected chi connectivity index (χ4v) is 2.46. The maximum Gasteiger partial charge on any atom is 0.170 e. The van der Waals surface area contributed by atoms with Gasteiger partial charge in [-0.15, -0.1) is 11.3 Å². The van der Waals surface area contributed by atoms with Crippen molar-refractivity contribution >= 4 is 17.2 Å². The molecule has 6 heteroatoms. The van der Waals surface area contributed by atoms with E-state index in [1.807, 2.05) is 12.4 Å². The van der Waals surface area contributed by atoms with Crippen LogP contribution in [-0.2, 0) is 13.1 Å². The largest absolute Gasteiger partial charge is 0.351 e. The first kappa shape index (κ1) is 14.9. The number of aromatic nitrogens is 2. The second kappa shape index (κ2) is 7.31. The van der Waals surface area contributed by atoms with Gasteiger partial charge in [-0.3, -0.25) is 0 Å². The van der Waals surface area contributed by atoms with Gasteiger partial charge in [-0.05, 0) is 19.0 Å². The van der Waals surface area contributed by atoms with E-state index in [0.29, 0.717) is 24.5 Å². The van der Waals surface area contributed by atoms with Crippen LogP contribution < -0.4 is 10.2 Å². The van der Waals surface area contributed by atoms with Crippen LogP contribution in [0.5, 0.6) is 0 Å². The molecule has 0 radical (unpaired) electrons. The predicted octanol–water partition coefficient (Wildman–Crippen LogP) is 2.81. The number of halogens is 1. The van der Waals surface area contributed by atoms with Gasteiger partial charge in [0.25, 0.3) is 0 Å². The second-order valence-corrected chi connectivity index (χ2v) is 5.34. The molecule has 2 rings (SSSR count). The van der Waals surface area contributed by atoms with Crippen molar-refractivity contribution < 1.29 is 4.39 Å².